The van der Waals surface area contributed by atoms with Crippen LogP contribution < -0.4 is 9.47 Å². The van der Waals surface area contributed by atoms with Crippen molar-refractivity contribution in [3.63, 3.8) is 0 Å². The van der Waals surface area contributed by atoms with Gasteiger partial charge in [-0.05, 0) is 56.2 Å². The van der Waals surface area contributed by atoms with E-state index in [9.17, 15) is 4.79 Å². The van der Waals surface area contributed by atoms with Crippen LogP contribution in [-0.4, -0.2) is 12.3 Å². The van der Waals surface area contributed by atoms with Crippen LogP contribution in [0.1, 0.15) is 55.5 Å². The molecule has 2 rings (SSSR count). The first-order valence-electron chi connectivity index (χ1n) is 9.45. The highest BCUT2D eigenvalue weighted by Gasteiger charge is 2.13. The fourth-order valence-electron chi connectivity index (χ4n) is 2.53. The lowest BCUT2D eigenvalue weighted by atomic mass is 10.2. The number of para-hydroxylation sites is 1. The number of esters is 1. The lowest BCUT2D eigenvalue weighted by molar-refractivity contribution is -0.0364. The van der Waals surface area contributed by atoms with E-state index in [1.807, 2.05) is 38.1 Å². The maximum Gasteiger partial charge on any atom is 0.343 e. The van der Waals surface area contributed by atoms with Crippen molar-refractivity contribution in [2.24, 2.45) is 0 Å². The van der Waals surface area contributed by atoms with Gasteiger partial charge in [-0.2, -0.15) is 0 Å². The third-order valence-corrected chi connectivity index (χ3v) is 4.06. The van der Waals surface area contributed by atoms with E-state index in [0.717, 1.165) is 31.2 Å². The topological polar surface area (TPSA) is 44.8 Å². The predicted molar refractivity (Wildman–Crippen MR) is 107 cm³/mol. The summed E-state index contributed by atoms with van der Waals surface area (Å²) in [6.07, 6.45) is 7.29. The lowest BCUT2D eigenvalue weighted by Gasteiger charge is -2.18. The van der Waals surface area contributed by atoms with Gasteiger partial charge in [-0.1, -0.05) is 44.0 Å². The summed E-state index contributed by atoms with van der Waals surface area (Å²) < 4.78 is 17.0. The van der Waals surface area contributed by atoms with Crippen molar-refractivity contribution in [1.29, 1.82) is 0 Å². The molecule has 2 aromatic carbocycles. The van der Waals surface area contributed by atoms with E-state index in [-0.39, 0.29) is 12.3 Å². The van der Waals surface area contributed by atoms with Crippen LogP contribution >= 0.6 is 0 Å². The van der Waals surface area contributed by atoms with E-state index < -0.39 is 0 Å². The zero-order valence-electron chi connectivity index (χ0n) is 16.3. The van der Waals surface area contributed by atoms with Gasteiger partial charge in [0.2, 0.25) is 6.29 Å². The Bertz CT molecular complexity index is 734. The van der Waals surface area contributed by atoms with Crippen LogP contribution in [0.15, 0.2) is 60.9 Å². The van der Waals surface area contributed by atoms with Crippen LogP contribution in [0, 0.1) is 6.92 Å². The maximum atomic E-state index is 12.3. The molecule has 4 heteroatoms. The van der Waals surface area contributed by atoms with Crippen molar-refractivity contribution in [2.45, 2.75) is 52.7 Å². The van der Waals surface area contributed by atoms with E-state index in [4.69, 9.17) is 14.2 Å². The molecule has 0 aliphatic carbocycles. The molecule has 0 N–H and O–H groups in total. The number of carbonyl (C=O) groups excluding carboxylic acids is 1. The molecule has 0 spiro atoms. The minimum absolute atomic E-state index is 0.336. The predicted octanol–water partition coefficient (Wildman–Crippen LogP) is 6.05. The average molecular weight is 368 g/mol. The summed E-state index contributed by atoms with van der Waals surface area (Å²) in [4.78, 5) is 12.3. The van der Waals surface area contributed by atoms with Crippen LogP contribution in [0.2, 0.25) is 0 Å². The Labute approximate surface area is 161 Å². The number of allylic oxidation sites excluding steroid dienone is 1. The molecule has 0 heterocycles. The van der Waals surface area contributed by atoms with E-state index in [0.29, 0.717) is 17.1 Å². The minimum Gasteiger partial charge on any atom is -0.463 e. The van der Waals surface area contributed by atoms with E-state index in [1.54, 1.807) is 36.6 Å². The van der Waals surface area contributed by atoms with Crippen molar-refractivity contribution < 1.29 is 19.0 Å². The maximum absolute atomic E-state index is 12.3. The van der Waals surface area contributed by atoms with Gasteiger partial charge < -0.3 is 14.2 Å². The Kier molecular flexibility index (Phi) is 8.43. The molecule has 2 aromatic rings. The summed E-state index contributed by atoms with van der Waals surface area (Å²) >= 11 is 0. The van der Waals surface area contributed by atoms with Crippen LogP contribution in [0.5, 0.6) is 11.5 Å². The van der Waals surface area contributed by atoms with Gasteiger partial charge in [0, 0.05) is 6.42 Å². The fourth-order valence-corrected chi connectivity index (χ4v) is 2.53. The summed E-state index contributed by atoms with van der Waals surface area (Å²) in [7, 11) is 0. The van der Waals surface area contributed by atoms with Gasteiger partial charge in [0.05, 0.1) is 11.8 Å². The standard InChI is InChI=1S/C23H28O4/c1-4-6-7-12-22(25-17-5-2)26-20-15-13-19(14-16-20)23(24)27-21-11-9-8-10-18(21)3/h5,8-11,13-17,22H,4,6-7,12H2,1-3H3/b17-5+. The summed E-state index contributed by atoms with van der Waals surface area (Å²) in [5.74, 6) is 0.840. The monoisotopic (exact) mass is 368 g/mol. The SMILES string of the molecule is C/C=C/OC(CCCCC)Oc1ccc(C(=O)Oc2ccccc2C)cc1. The quantitative estimate of drug-likeness (QED) is 0.168. The number of rotatable bonds is 10. The molecule has 27 heavy (non-hydrogen) atoms. The second-order valence-corrected chi connectivity index (χ2v) is 6.33. The van der Waals surface area contributed by atoms with Crippen molar-refractivity contribution in [3.8, 4) is 11.5 Å². The minimum atomic E-state index is -0.388. The van der Waals surface area contributed by atoms with Crippen LogP contribution in [-0.2, 0) is 4.74 Å². The lowest BCUT2D eigenvalue weighted by Crippen LogP contribution is -2.18. The number of aryl methyl sites for hydroxylation is 1. The third kappa shape index (κ3) is 6.81. The van der Waals surface area contributed by atoms with Gasteiger partial charge in [0.1, 0.15) is 11.5 Å². The Morgan fingerprint density at radius 1 is 1.07 bits per heavy atom. The number of hydrogen-bond acceptors (Lipinski definition) is 4. The molecule has 144 valence electrons. The normalized spacial score (nSPS) is 12.0. The Morgan fingerprint density at radius 3 is 2.48 bits per heavy atom. The number of hydrogen-bond donors (Lipinski definition) is 0. The first-order chi connectivity index (χ1) is 13.1. The molecular weight excluding hydrogens is 340 g/mol. The van der Waals surface area contributed by atoms with Crippen LogP contribution in [0.25, 0.3) is 0 Å². The van der Waals surface area contributed by atoms with Gasteiger partial charge >= 0.3 is 5.97 Å². The fraction of sp³-hybridized carbons (Fsp3) is 0.348. The van der Waals surface area contributed by atoms with Crippen molar-refractivity contribution in [3.05, 3.63) is 72.0 Å². The summed E-state index contributed by atoms with van der Waals surface area (Å²) in [5, 5.41) is 0. The summed E-state index contributed by atoms with van der Waals surface area (Å²) in [6.45, 7) is 5.97. The van der Waals surface area contributed by atoms with Crippen LogP contribution in [0.4, 0.5) is 0 Å². The smallest absolute Gasteiger partial charge is 0.343 e. The van der Waals surface area contributed by atoms with Crippen molar-refractivity contribution in [2.75, 3.05) is 0 Å². The van der Waals surface area contributed by atoms with Crippen molar-refractivity contribution >= 4 is 5.97 Å². The summed E-state index contributed by atoms with van der Waals surface area (Å²) in [6, 6.07) is 14.4. The largest absolute Gasteiger partial charge is 0.463 e. The molecule has 0 saturated heterocycles. The molecule has 0 aliphatic rings. The number of unbranched alkanes of at least 4 members (excludes halogenated alkanes) is 2. The van der Waals surface area contributed by atoms with Crippen LogP contribution in [0.3, 0.4) is 0 Å². The highest BCUT2D eigenvalue weighted by atomic mass is 16.7. The molecular formula is C23H28O4. The number of carbonyl (C=O) groups is 1. The molecule has 1 unspecified atom stereocenters. The number of benzene rings is 2. The molecule has 0 amide bonds. The summed E-state index contributed by atoms with van der Waals surface area (Å²) in [5.41, 5.74) is 1.39. The van der Waals surface area contributed by atoms with Gasteiger partial charge in [-0.15, -0.1) is 0 Å². The van der Waals surface area contributed by atoms with Crippen molar-refractivity contribution in [1.82, 2.24) is 0 Å². The zero-order valence-corrected chi connectivity index (χ0v) is 16.3. The molecule has 1 atom stereocenters. The van der Waals surface area contributed by atoms with E-state index in [1.165, 1.54) is 0 Å². The Hall–Kier alpha value is -2.75. The first-order valence-corrected chi connectivity index (χ1v) is 9.45. The Balaban J connectivity index is 1.97. The second-order valence-electron chi connectivity index (χ2n) is 6.33. The molecule has 0 aliphatic heterocycles. The first kappa shape index (κ1) is 20.6. The van der Waals surface area contributed by atoms with Gasteiger partial charge in [0.25, 0.3) is 0 Å². The van der Waals surface area contributed by atoms with Gasteiger partial charge in [-0.25, -0.2) is 4.79 Å². The zero-order chi connectivity index (χ0) is 19.5. The number of ether oxygens (including phenoxy) is 3. The Morgan fingerprint density at radius 2 is 1.81 bits per heavy atom. The highest BCUT2D eigenvalue weighted by Crippen LogP contribution is 2.20. The molecule has 0 fully saturated rings. The molecule has 0 radical (unpaired) electrons. The molecule has 4 nitrogen and oxygen atoms in total. The van der Waals surface area contributed by atoms with E-state index in [2.05, 4.69) is 6.92 Å². The van der Waals surface area contributed by atoms with Gasteiger partial charge in [0.15, 0.2) is 0 Å². The molecule has 0 aromatic heterocycles. The molecule has 0 saturated carbocycles. The third-order valence-electron chi connectivity index (χ3n) is 4.06. The second kappa shape index (κ2) is 11.1. The van der Waals surface area contributed by atoms with E-state index >= 15 is 0 Å². The van der Waals surface area contributed by atoms with Gasteiger partial charge in [-0.3, -0.25) is 0 Å². The average Bonchev–Trinajstić information content (AvgIpc) is 2.68. The molecule has 0 bridgehead atoms. The highest BCUT2D eigenvalue weighted by molar-refractivity contribution is 5.91.